The standard InChI is InChI=1S/C14H19NO4S/c1-19-13-4-2-3-12(11-13)5-6-14(16)15-7-9-20(17,18)10-8-15/h2-4,11H,5-10H2,1H3. The number of rotatable bonds is 4. The Morgan fingerprint density at radius 3 is 2.65 bits per heavy atom. The first-order chi connectivity index (χ1) is 9.50. The van der Waals surface area contributed by atoms with Gasteiger partial charge in [0.2, 0.25) is 5.91 Å². The molecule has 0 bridgehead atoms. The van der Waals surface area contributed by atoms with Crippen LogP contribution in [0, 0.1) is 0 Å². The highest BCUT2D eigenvalue weighted by Crippen LogP contribution is 2.15. The fourth-order valence-electron chi connectivity index (χ4n) is 2.20. The summed E-state index contributed by atoms with van der Waals surface area (Å²) in [4.78, 5) is 13.7. The molecule has 0 spiro atoms. The Kier molecular flexibility index (Phi) is 4.65. The molecule has 0 atom stereocenters. The lowest BCUT2D eigenvalue weighted by Gasteiger charge is -2.26. The van der Waals surface area contributed by atoms with Crippen LogP contribution in [-0.4, -0.2) is 50.9 Å². The van der Waals surface area contributed by atoms with Crippen LogP contribution in [0.5, 0.6) is 5.75 Å². The molecule has 6 heteroatoms. The highest BCUT2D eigenvalue weighted by molar-refractivity contribution is 7.91. The average molecular weight is 297 g/mol. The van der Waals surface area contributed by atoms with E-state index in [4.69, 9.17) is 4.74 Å². The molecule has 0 N–H and O–H groups in total. The fourth-order valence-corrected chi connectivity index (χ4v) is 3.40. The molecule has 1 amide bonds. The zero-order chi connectivity index (χ0) is 14.6. The number of amides is 1. The predicted molar refractivity (Wildman–Crippen MR) is 76.5 cm³/mol. The second-order valence-electron chi connectivity index (χ2n) is 4.88. The number of hydrogen-bond donors (Lipinski definition) is 0. The van der Waals surface area contributed by atoms with E-state index in [1.807, 2.05) is 24.3 Å². The number of nitrogens with zero attached hydrogens (tertiary/aromatic N) is 1. The normalized spacial score (nSPS) is 17.8. The van der Waals surface area contributed by atoms with Gasteiger partial charge in [0.15, 0.2) is 9.84 Å². The van der Waals surface area contributed by atoms with E-state index >= 15 is 0 Å². The van der Waals surface area contributed by atoms with Crippen LogP contribution in [0.15, 0.2) is 24.3 Å². The van der Waals surface area contributed by atoms with E-state index in [2.05, 4.69) is 0 Å². The average Bonchev–Trinajstić information content (AvgIpc) is 2.45. The maximum absolute atomic E-state index is 12.0. The van der Waals surface area contributed by atoms with Crippen LogP contribution in [0.1, 0.15) is 12.0 Å². The van der Waals surface area contributed by atoms with E-state index in [-0.39, 0.29) is 17.4 Å². The topological polar surface area (TPSA) is 63.7 Å². The van der Waals surface area contributed by atoms with Gasteiger partial charge >= 0.3 is 0 Å². The van der Waals surface area contributed by atoms with Crippen LogP contribution < -0.4 is 4.74 Å². The number of methoxy groups -OCH3 is 1. The van der Waals surface area contributed by atoms with Crippen molar-refractivity contribution in [1.29, 1.82) is 0 Å². The molecule has 1 aromatic carbocycles. The van der Waals surface area contributed by atoms with Gasteiger partial charge in [-0.1, -0.05) is 12.1 Å². The van der Waals surface area contributed by atoms with Gasteiger partial charge in [-0.25, -0.2) is 8.42 Å². The van der Waals surface area contributed by atoms with E-state index in [0.29, 0.717) is 25.9 Å². The molecule has 1 aliphatic heterocycles. The molecule has 1 saturated heterocycles. The van der Waals surface area contributed by atoms with Gasteiger partial charge in [0.1, 0.15) is 5.75 Å². The Bertz CT molecular complexity index is 569. The molecule has 1 aliphatic rings. The Balaban J connectivity index is 1.86. The van der Waals surface area contributed by atoms with Crippen LogP contribution in [-0.2, 0) is 21.1 Å². The highest BCUT2D eigenvalue weighted by Gasteiger charge is 2.24. The number of hydrogen-bond acceptors (Lipinski definition) is 4. The number of sulfone groups is 1. The smallest absolute Gasteiger partial charge is 0.222 e. The van der Waals surface area contributed by atoms with Gasteiger partial charge in [-0.15, -0.1) is 0 Å². The van der Waals surface area contributed by atoms with Crippen molar-refractivity contribution in [2.75, 3.05) is 31.7 Å². The molecule has 0 radical (unpaired) electrons. The Morgan fingerprint density at radius 2 is 2.00 bits per heavy atom. The summed E-state index contributed by atoms with van der Waals surface area (Å²) < 4.78 is 27.8. The maximum Gasteiger partial charge on any atom is 0.222 e. The van der Waals surface area contributed by atoms with Crippen molar-refractivity contribution in [2.24, 2.45) is 0 Å². The van der Waals surface area contributed by atoms with E-state index in [0.717, 1.165) is 11.3 Å². The first-order valence-electron chi connectivity index (χ1n) is 6.61. The third-order valence-electron chi connectivity index (χ3n) is 3.46. The van der Waals surface area contributed by atoms with E-state index in [9.17, 15) is 13.2 Å². The summed E-state index contributed by atoms with van der Waals surface area (Å²) in [5.41, 5.74) is 1.04. The minimum Gasteiger partial charge on any atom is -0.497 e. The van der Waals surface area contributed by atoms with Gasteiger partial charge in [0.05, 0.1) is 18.6 Å². The first-order valence-corrected chi connectivity index (χ1v) is 8.43. The summed E-state index contributed by atoms with van der Waals surface area (Å²) >= 11 is 0. The highest BCUT2D eigenvalue weighted by atomic mass is 32.2. The number of carbonyl (C=O) groups is 1. The lowest BCUT2D eigenvalue weighted by molar-refractivity contribution is -0.130. The molecule has 20 heavy (non-hydrogen) atoms. The molecule has 1 fully saturated rings. The summed E-state index contributed by atoms with van der Waals surface area (Å²) in [6, 6.07) is 7.62. The first kappa shape index (κ1) is 14.8. The Hall–Kier alpha value is -1.56. The third-order valence-corrected chi connectivity index (χ3v) is 5.07. The molecule has 110 valence electrons. The largest absolute Gasteiger partial charge is 0.497 e. The van der Waals surface area contributed by atoms with Gasteiger partial charge in [0, 0.05) is 19.5 Å². The molecule has 5 nitrogen and oxygen atoms in total. The molecule has 1 heterocycles. The molecule has 0 unspecified atom stereocenters. The number of aryl methyl sites for hydroxylation is 1. The van der Waals surface area contributed by atoms with Gasteiger partial charge in [-0.3, -0.25) is 4.79 Å². The predicted octanol–water partition coefficient (Wildman–Crippen LogP) is 0.885. The summed E-state index contributed by atoms with van der Waals surface area (Å²) in [6.07, 6.45) is 1.03. The molecular weight excluding hydrogens is 278 g/mol. The molecule has 1 aromatic rings. The van der Waals surface area contributed by atoms with Crippen molar-refractivity contribution < 1.29 is 17.9 Å². The summed E-state index contributed by atoms with van der Waals surface area (Å²) in [7, 11) is -1.33. The second kappa shape index (κ2) is 6.26. The summed E-state index contributed by atoms with van der Waals surface area (Å²) in [6.45, 7) is 0.637. The number of ether oxygens (including phenoxy) is 1. The molecule has 0 aliphatic carbocycles. The van der Waals surface area contributed by atoms with Crippen LogP contribution in [0.2, 0.25) is 0 Å². The Morgan fingerprint density at radius 1 is 1.30 bits per heavy atom. The zero-order valence-electron chi connectivity index (χ0n) is 11.5. The lowest BCUT2D eigenvalue weighted by Crippen LogP contribution is -2.43. The van der Waals surface area contributed by atoms with E-state index < -0.39 is 9.84 Å². The van der Waals surface area contributed by atoms with E-state index in [1.165, 1.54) is 0 Å². The lowest BCUT2D eigenvalue weighted by atomic mass is 10.1. The van der Waals surface area contributed by atoms with Crippen molar-refractivity contribution in [3.8, 4) is 5.75 Å². The van der Waals surface area contributed by atoms with Gasteiger partial charge in [0.25, 0.3) is 0 Å². The van der Waals surface area contributed by atoms with Gasteiger partial charge in [-0.2, -0.15) is 0 Å². The minimum absolute atomic E-state index is 0.0164. The van der Waals surface area contributed by atoms with E-state index in [1.54, 1.807) is 12.0 Å². The molecule has 2 rings (SSSR count). The quantitative estimate of drug-likeness (QED) is 0.828. The summed E-state index contributed by atoms with van der Waals surface area (Å²) in [5.74, 6) is 0.956. The molecule has 0 aromatic heterocycles. The van der Waals surface area contributed by atoms with Crippen molar-refractivity contribution in [2.45, 2.75) is 12.8 Å². The number of benzene rings is 1. The Labute approximate surface area is 119 Å². The van der Waals surface area contributed by atoms with Crippen LogP contribution in [0.25, 0.3) is 0 Å². The van der Waals surface area contributed by atoms with Crippen molar-refractivity contribution in [1.82, 2.24) is 4.90 Å². The van der Waals surface area contributed by atoms with Gasteiger partial charge < -0.3 is 9.64 Å². The third kappa shape index (κ3) is 3.96. The van der Waals surface area contributed by atoms with Crippen LogP contribution in [0.4, 0.5) is 0 Å². The molecule has 0 saturated carbocycles. The minimum atomic E-state index is -2.94. The van der Waals surface area contributed by atoms with Crippen molar-refractivity contribution >= 4 is 15.7 Å². The van der Waals surface area contributed by atoms with Crippen molar-refractivity contribution in [3.63, 3.8) is 0 Å². The fraction of sp³-hybridized carbons (Fsp3) is 0.500. The second-order valence-corrected chi connectivity index (χ2v) is 7.19. The summed E-state index contributed by atoms with van der Waals surface area (Å²) in [5, 5.41) is 0. The van der Waals surface area contributed by atoms with Crippen LogP contribution in [0.3, 0.4) is 0 Å². The zero-order valence-corrected chi connectivity index (χ0v) is 12.4. The molecular formula is C14H19NO4S. The van der Waals surface area contributed by atoms with Crippen molar-refractivity contribution in [3.05, 3.63) is 29.8 Å². The maximum atomic E-state index is 12.0. The SMILES string of the molecule is COc1cccc(CCC(=O)N2CCS(=O)(=O)CC2)c1. The van der Waals surface area contributed by atoms with Gasteiger partial charge in [-0.05, 0) is 24.1 Å². The van der Waals surface area contributed by atoms with Crippen LogP contribution >= 0.6 is 0 Å². The monoisotopic (exact) mass is 297 g/mol. The number of carbonyl (C=O) groups excluding carboxylic acids is 1.